The highest BCUT2D eigenvalue weighted by Gasteiger charge is 2.19. The lowest BCUT2D eigenvalue weighted by Crippen LogP contribution is -2.29. The maximum atomic E-state index is 12.0. The number of nitrogens with zero attached hydrogens (tertiary/aromatic N) is 1. The molecule has 0 aliphatic heterocycles. The zero-order valence-electron chi connectivity index (χ0n) is 12.7. The number of halogens is 2. The number of hydrogen-bond donors (Lipinski definition) is 2. The van der Waals surface area contributed by atoms with Crippen LogP contribution in [0.5, 0.6) is 5.75 Å². The van der Waals surface area contributed by atoms with Crippen molar-refractivity contribution in [2.24, 2.45) is 0 Å². The van der Waals surface area contributed by atoms with Crippen LogP contribution in [0.25, 0.3) is 0 Å². The lowest BCUT2D eigenvalue weighted by molar-refractivity contribution is -0.384. The topological polar surface area (TPSA) is 111 Å². The predicted octanol–water partition coefficient (Wildman–Crippen LogP) is 3.49. The molecule has 2 amide bonds. The maximum Gasteiger partial charge on any atom is 0.314 e. The summed E-state index contributed by atoms with van der Waals surface area (Å²) in [6, 6.07) is 7.93. The van der Waals surface area contributed by atoms with Crippen molar-refractivity contribution in [3.8, 4) is 5.75 Å². The van der Waals surface area contributed by atoms with Crippen molar-refractivity contribution in [1.82, 2.24) is 0 Å². The molecule has 25 heavy (non-hydrogen) atoms. The quantitative estimate of drug-likeness (QED) is 0.476. The standard InChI is InChI=1S/C15H11Cl2N3O5/c1-25-13-5-3-9(20(23)24)7-12(13)19-15(22)14(21)18-11-4-2-8(16)6-10(11)17/h2-7H,1H3,(H,18,21)(H,19,22). The van der Waals surface area contributed by atoms with Crippen LogP contribution in [0.3, 0.4) is 0 Å². The Labute approximate surface area is 151 Å². The van der Waals surface area contributed by atoms with Gasteiger partial charge in [-0.2, -0.15) is 0 Å². The van der Waals surface area contributed by atoms with Crippen LogP contribution in [0, 0.1) is 10.1 Å². The lowest BCUT2D eigenvalue weighted by Gasteiger charge is -2.11. The Hall–Kier alpha value is -2.84. The van der Waals surface area contributed by atoms with Crippen LogP contribution < -0.4 is 15.4 Å². The highest BCUT2D eigenvalue weighted by Crippen LogP contribution is 2.29. The molecule has 130 valence electrons. The van der Waals surface area contributed by atoms with Gasteiger partial charge in [-0.25, -0.2) is 0 Å². The Bertz CT molecular complexity index is 857. The average molecular weight is 384 g/mol. The number of benzene rings is 2. The van der Waals surface area contributed by atoms with E-state index in [1.807, 2.05) is 0 Å². The molecule has 2 rings (SSSR count). The number of non-ortho nitro benzene ring substituents is 1. The summed E-state index contributed by atoms with van der Waals surface area (Å²) in [5.41, 5.74) is -0.0893. The predicted molar refractivity (Wildman–Crippen MR) is 93.4 cm³/mol. The summed E-state index contributed by atoms with van der Waals surface area (Å²) in [6.45, 7) is 0. The summed E-state index contributed by atoms with van der Waals surface area (Å²) < 4.78 is 5.01. The van der Waals surface area contributed by atoms with E-state index < -0.39 is 16.7 Å². The van der Waals surface area contributed by atoms with Gasteiger partial charge in [0.05, 0.1) is 28.4 Å². The van der Waals surface area contributed by atoms with Crippen molar-refractivity contribution >= 4 is 52.1 Å². The number of nitrogens with one attached hydrogen (secondary N) is 2. The molecule has 2 aromatic carbocycles. The fourth-order valence-electron chi connectivity index (χ4n) is 1.86. The first kappa shape index (κ1) is 18.5. The van der Waals surface area contributed by atoms with E-state index in [9.17, 15) is 19.7 Å². The number of amides is 2. The van der Waals surface area contributed by atoms with Crippen molar-refractivity contribution in [1.29, 1.82) is 0 Å². The van der Waals surface area contributed by atoms with Gasteiger partial charge in [0.15, 0.2) is 0 Å². The highest BCUT2D eigenvalue weighted by molar-refractivity contribution is 6.45. The molecular formula is C15H11Cl2N3O5. The molecule has 0 aliphatic carbocycles. The molecule has 0 saturated carbocycles. The molecule has 0 fully saturated rings. The van der Waals surface area contributed by atoms with Crippen LogP contribution in [-0.2, 0) is 9.59 Å². The minimum absolute atomic E-state index is 0.0148. The van der Waals surface area contributed by atoms with Crippen LogP contribution >= 0.6 is 23.2 Å². The Morgan fingerprint density at radius 1 is 1.04 bits per heavy atom. The zero-order valence-corrected chi connectivity index (χ0v) is 14.2. The van der Waals surface area contributed by atoms with Gasteiger partial charge in [0.1, 0.15) is 5.75 Å². The SMILES string of the molecule is COc1ccc([N+](=O)[O-])cc1NC(=O)C(=O)Nc1ccc(Cl)cc1Cl. The van der Waals surface area contributed by atoms with Crippen molar-refractivity contribution in [2.45, 2.75) is 0 Å². The summed E-state index contributed by atoms with van der Waals surface area (Å²) in [4.78, 5) is 34.2. The number of rotatable bonds is 4. The Kier molecular flexibility index (Phi) is 5.79. The van der Waals surface area contributed by atoms with Gasteiger partial charge in [-0.05, 0) is 24.3 Å². The molecule has 10 heteroatoms. The summed E-state index contributed by atoms with van der Waals surface area (Å²) in [5.74, 6) is -1.90. The Balaban J connectivity index is 2.17. The van der Waals surface area contributed by atoms with E-state index in [4.69, 9.17) is 27.9 Å². The smallest absolute Gasteiger partial charge is 0.314 e. The van der Waals surface area contributed by atoms with Crippen molar-refractivity contribution in [2.75, 3.05) is 17.7 Å². The number of ether oxygens (including phenoxy) is 1. The van der Waals surface area contributed by atoms with Gasteiger partial charge in [0.2, 0.25) is 0 Å². The number of hydrogen-bond acceptors (Lipinski definition) is 5. The minimum atomic E-state index is -1.05. The number of carbonyl (C=O) groups is 2. The first-order valence-electron chi connectivity index (χ1n) is 6.71. The molecule has 2 N–H and O–H groups in total. The molecule has 2 aromatic rings. The van der Waals surface area contributed by atoms with Crippen LogP contribution in [0.2, 0.25) is 10.0 Å². The molecular weight excluding hydrogens is 373 g/mol. The summed E-state index contributed by atoms with van der Waals surface area (Å²) in [5, 5.41) is 15.9. The van der Waals surface area contributed by atoms with Gasteiger partial charge in [-0.1, -0.05) is 23.2 Å². The van der Waals surface area contributed by atoms with E-state index in [-0.39, 0.29) is 27.8 Å². The number of anilines is 2. The molecule has 0 aliphatic rings. The molecule has 0 unspecified atom stereocenters. The molecule has 0 bridgehead atoms. The molecule has 0 saturated heterocycles. The maximum absolute atomic E-state index is 12.0. The fourth-order valence-corrected chi connectivity index (χ4v) is 2.31. The number of nitro benzene ring substituents is 1. The normalized spacial score (nSPS) is 10.0. The largest absolute Gasteiger partial charge is 0.495 e. The summed E-state index contributed by atoms with van der Waals surface area (Å²) in [6.07, 6.45) is 0. The van der Waals surface area contributed by atoms with E-state index >= 15 is 0 Å². The second kappa shape index (κ2) is 7.82. The van der Waals surface area contributed by atoms with E-state index in [0.717, 1.165) is 6.07 Å². The summed E-state index contributed by atoms with van der Waals surface area (Å²) in [7, 11) is 1.32. The molecule has 0 radical (unpaired) electrons. The van der Waals surface area contributed by atoms with Crippen LogP contribution in [-0.4, -0.2) is 23.8 Å². The Morgan fingerprint density at radius 2 is 1.68 bits per heavy atom. The van der Waals surface area contributed by atoms with Crippen molar-refractivity contribution < 1.29 is 19.2 Å². The second-order valence-corrected chi connectivity index (χ2v) is 5.52. The molecule has 0 atom stereocenters. The third-order valence-electron chi connectivity index (χ3n) is 3.03. The monoisotopic (exact) mass is 383 g/mol. The molecule has 8 nitrogen and oxygen atoms in total. The van der Waals surface area contributed by atoms with Gasteiger partial charge < -0.3 is 15.4 Å². The molecule has 0 heterocycles. The second-order valence-electron chi connectivity index (χ2n) is 4.67. The minimum Gasteiger partial charge on any atom is -0.495 e. The number of methoxy groups -OCH3 is 1. The highest BCUT2D eigenvalue weighted by atomic mass is 35.5. The van der Waals surface area contributed by atoms with Crippen LogP contribution in [0.1, 0.15) is 0 Å². The van der Waals surface area contributed by atoms with Gasteiger partial charge in [-0.15, -0.1) is 0 Å². The number of nitro groups is 1. The third kappa shape index (κ3) is 4.59. The zero-order chi connectivity index (χ0) is 18.6. The van der Waals surface area contributed by atoms with E-state index in [1.54, 1.807) is 0 Å². The van der Waals surface area contributed by atoms with E-state index in [1.165, 1.54) is 37.4 Å². The van der Waals surface area contributed by atoms with Crippen LogP contribution in [0.15, 0.2) is 36.4 Å². The van der Waals surface area contributed by atoms with Crippen molar-refractivity contribution in [3.05, 3.63) is 56.6 Å². The Morgan fingerprint density at radius 3 is 2.24 bits per heavy atom. The average Bonchev–Trinajstić information content (AvgIpc) is 2.57. The lowest BCUT2D eigenvalue weighted by atomic mass is 10.2. The van der Waals surface area contributed by atoms with Gasteiger partial charge in [0.25, 0.3) is 5.69 Å². The molecule has 0 aromatic heterocycles. The molecule has 0 spiro atoms. The fraction of sp³-hybridized carbons (Fsp3) is 0.0667. The first-order valence-corrected chi connectivity index (χ1v) is 7.47. The third-order valence-corrected chi connectivity index (χ3v) is 3.58. The van der Waals surface area contributed by atoms with Gasteiger partial charge in [-0.3, -0.25) is 19.7 Å². The number of carbonyl (C=O) groups excluding carboxylic acids is 2. The van der Waals surface area contributed by atoms with Gasteiger partial charge in [0, 0.05) is 17.2 Å². The first-order chi connectivity index (χ1) is 11.8. The summed E-state index contributed by atoms with van der Waals surface area (Å²) >= 11 is 11.7. The van der Waals surface area contributed by atoms with Crippen molar-refractivity contribution in [3.63, 3.8) is 0 Å². The van der Waals surface area contributed by atoms with E-state index in [2.05, 4.69) is 10.6 Å². The van der Waals surface area contributed by atoms with E-state index in [0.29, 0.717) is 5.02 Å². The van der Waals surface area contributed by atoms with Gasteiger partial charge >= 0.3 is 11.8 Å². The van der Waals surface area contributed by atoms with Crippen LogP contribution in [0.4, 0.5) is 17.1 Å².